The fourth-order valence-electron chi connectivity index (χ4n) is 1.66. The van der Waals surface area contributed by atoms with Crippen molar-refractivity contribution in [3.8, 4) is 0 Å². The van der Waals surface area contributed by atoms with Gasteiger partial charge in [-0.3, -0.25) is 15.6 Å². The van der Waals surface area contributed by atoms with Crippen molar-refractivity contribution in [2.45, 2.75) is 6.92 Å². The molecule has 22 heavy (non-hydrogen) atoms. The van der Waals surface area contributed by atoms with Gasteiger partial charge in [-0.25, -0.2) is 4.39 Å². The molecule has 0 aliphatic carbocycles. The Kier molecular flexibility index (Phi) is 5.30. The molecule has 0 aliphatic rings. The molecule has 0 saturated carbocycles. The van der Waals surface area contributed by atoms with Crippen molar-refractivity contribution in [3.05, 3.63) is 64.4 Å². The number of benzene rings is 2. The molecule has 2 aromatic rings. The van der Waals surface area contributed by atoms with Gasteiger partial charge in [0.1, 0.15) is 5.82 Å². The second-order valence-electron chi connectivity index (χ2n) is 4.48. The van der Waals surface area contributed by atoms with Crippen LogP contribution in [-0.2, 0) is 0 Å². The zero-order valence-electron chi connectivity index (χ0n) is 11.6. The molecule has 4 nitrogen and oxygen atoms in total. The van der Waals surface area contributed by atoms with Crippen LogP contribution in [-0.4, -0.2) is 11.0 Å². The molecule has 0 aliphatic heterocycles. The van der Waals surface area contributed by atoms with Gasteiger partial charge in [0, 0.05) is 5.69 Å². The summed E-state index contributed by atoms with van der Waals surface area (Å²) in [4.78, 5) is 11.9. The summed E-state index contributed by atoms with van der Waals surface area (Å²) >= 11 is 10.9. The SMILES string of the molecule is Cc1ccc(NC(=S)NNC(=O)c2ccccc2Cl)cc1F. The molecule has 114 valence electrons. The average Bonchev–Trinajstić information content (AvgIpc) is 2.49. The highest BCUT2D eigenvalue weighted by Crippen LogP contribution is 2.14. The Morgan fingerprint density at radius 1 is 1.18 bits per heavy atom. The third-order valence-electron chi connectivity index (χ3n) is 2.84. The summed E-state index contributed by atoms with van der Waals surface area (Å²) in [6, 6.07) is 11.3. The van der Waals surface area contributed by atoms with Crippen LogP contribution < -0.4 is 16.2 Å². The van der Waals surface area contributed by atoms with Crippen LogP contribution in [0.15, 0.2) is 42.5 Å². The van der Waals surface area contributed by atoms with Crippen molar-refractivity contribution in [1.29, 1.82) is 0 Å². The van der Waals surface area contributed by atoms with Crippen molar-refractivity contribution < 1.29 is 9.18 Å². The zero-order valence-corrected chi connectivity index (χ0v) is 13.2. The van der Waals surface area contributed by atoms with E-state index in [4.69, 9.17) is 23.8 Å². The Bertz CT molecular complexity index is 724. The van der Waals surface area contributed by atoms with Gasteiger partial charge in [-0.2, -0.15) is 0 Å². The Balaban J connectivity index is 1.91. The minimum atomic E-state index is -0.426. The van der Waals surface area contributed by atoms with E-state index in [1.165, 1.54) is 6.07 Å². The summed E-state index contributed by atoms with van der Waals surface area (Å²) in [5, 5.41) is 3.23. The van der Waals surface area contributed by atoms with Crippen LogP contribution in [0.2, 0.25) is 5.02 Å². The molecular weight excluding hydrogens is 325 g/mol. The van der Waals surface area contributed by atoms with Crippen LogP contribution >= 0.6 is 23.8 Å². The van der Waals surface area contributed by atoms with Crippen LogP contribution in [0.1, 0.15) is 15.9 Å². The van der Waals surface area contributed by atoms with Gasteiger partial charge in [0.2, 0.25) is 0 Å². The molecule has 0 aromatic heterocycles. The maximum Gasteiger partial charge on any atom is 0.271 e. The Morgan fingerprint density at radius 3 is 2.59 bits per heavy atom. The number of nitrogens with one attached hydrogen (secondary N) is 3. The van der Waals surface area contributed by atoms with Gasteiger partial charge >= 0.3 is 0 Å². The lowest BCUT2D eigenvalue weighted by Gasteiger charge is -2.12. The molecule has 0 heterocycles. The number of halogens is 2. The summed E-state index contributed by atoms with van der Waals surface area (Å²) in [7, 11) is 0. The first-order valence-electron chi connectivity index (χ1n) is 6.35. The van der Waals surface area contributed by atoms with Gasteiger partial charge < -0.3 is 5.32 Å². The van der Waals surface area contributed by atoms with E-state index in [1.807, 2.05) is 0 Å². The maximum atomic E-state index is 13.4. The highest BCUT2D eigenvalue weighted by atomic mass is 35.5. The van der Waals surface area contributed by atoms with Gasteiger partial charge in [-0.05, 0) is 49.0 Å². The third kappa shape index (κ3) is 4.16. The van der Waals surface area contributed by atoms with Crippen LogP contribution in [0.5, 0.6) is 0 Å². The van der Waals surface area contributed by atoms with E-state index in [-0.39, 0.29) is 10.9 Å². The minimum Gasteiger partial charge on any atom is -0.331 e. The quantitative estimate of drug-likeness (QED) is 0.580. The second-order valence-corrected chi connectivity index (χ2v) is 5.29. The summed E-state index contributed by atoms with van der Waals surface area (Å²) in [6.45, 7) is 1.67. The van der Waals surface area contributed by atoms with E-state index in [9.17, 15) is 9.18 Å². The van der Waals surface area contributed by atoms with Gasteiger partial charge in [0.05, 0.1) is 10.6 Å². The lowest BCUT2D eigenvalue weighted by Crippen LogP contribution is -2.43. The molecule has 0 atom stereocenters. The molecule has 0 saturated heterocycles. The largest absolute Gasteiger partial charge is 0.331 e. The first-order chi connectivity index (χ1) is 10.5. The number of amides is 1. The predicted molar refractivity (Wildman–Crippen MR) is 89.4 cm³/mol. The Hall–Kier alpha value is -2.18. The van der Waals surface area contributed by atoms with E-state index in [0.717, 1.165) is 0 Å². The van der Waals surface area contributed by atoms with Crippen molar-refractivity contribution in [1.82, 2.24) is 10.9 Å². The first-order valence-corrected chi connectivity index (χ1v) is 7.14. The van der Waals surface area contributed by atoms with Crippen LogP contribution in [0.3, 0.4) is 0 Å². The lowest BCUT2D eigenvalue weighted by atomic mass is 10.2. The van der Waals surface area contributed by atoms with Crippen molar-refractivity contribution >= 4 is 40.5 Å². The summed E-state index contributed by atoms with van der Waals surface area (Å²) in [5.74, 6) is -0.766. The van der Waals surface area contributed by atoms with Gasteiger partial charge in [-0.15, -0.1) is 0 Å². The molecule has 0 bridgehead atoms. The number of hydrazine groups is 1. The number of anilines is 1. The van der Waals surface area contributed by atoms with Crippen LogP contribution in [0.4, 0.5) is 10.1 Å². The highest BCUT2D eigenvalue weighted by molar-refractivity contribution is 7.80. The first kappa shape index (κ1) is 16.2. The molecule has 0 radical (unpaired) electrons. The van der Waals surface area contributed by atoms with E-state index in [1.54, 1.807) is 43.3 Å². The smallest absolute Gasteiger partial charge is 0.271 e. The van der Waals surface area contributed by atoms with E-state index >= 15 is 0 Å². The number of hydrogen-bond acceptors (Lipinski definition) is 2. The summed E-state index contributed by atoms with van der Waals surface area (Å²) in [5.41, 5.74) is 6.28. The normalized spacial score (nSPS) is 9.95. The van der Waals surface area contributed by atoms with E-state index < -0.39 is 5.91 Å². The van der Waals surface area contributed by atoms with E-state index in [2.05, 4.69) is 16.2 Å². The summed E-state index contributed by atoms with van der Waals surface area (Å²) < 4.78 is 13.4. The lowest BCUT2D eigenvalue weighted by molar-refractivity contribution is 0.0944. The topological polar surface area (TPSA) is 53.2 Å². The molecule has 1 amide bonds. The summed E-state index contributed by atoms with van der Waals surface area (Å²) in [6.07, 6.45) is 0. The van der Waals surface area contributed by atoms with Gasteiger partial charge in [0.25, 0.3) is 5.91 Å². The van der Waals surface area contributed by atoms with E-state index in [0.29, 0.717) is 21.8 Å². The van der Waals surface area contributed by atoms with Crippen LogP contribution in [0.25, 0.3) is 0 Å². The fraction of sp³-hybridized carbons (Fsp3) is 0.0667. The number of thiocarbonyl (C=S) groups is 1. The monoisotopic (exact) mass is 337 g/mol. The number of aryl methyl sites for hydroxylation is 1. The standard InChI is InChI=1S/C15H13ClFN3OS/c1-9-6-7-10(8-13(9)17)18-15(22)20-19-14(21)11-4-2-3-5-12(11)16/h2-8H,1H3,(H,19,21)(H2,18,20,22). The highest BCUT2D eigenvalue weighted by Gasteiger charge is 2.09. The predicted octanol–water partition coefficient (Wildman–Crippen LogP) is 3.42. The molecule has 7 heteroatoms. The number of rotatable bonds is 2. The molecule has 0 fully saturated rings. The molecule has 0 spiro atoms. The second kappa shape index (κ2) is 7.20. The Labute approximate surface area is 137 Å². The van der Waals surface area contributed by atoms with Gasteiger partial charge in [0.15, 0.2) is 5.11 Å². The minimum absolute atomic E-state index is 0.128. The zero-order chi connectivity index (χ0) is 16.1. The average molecular weight is 338 g/mol. The van der Waals surface area contributed by atoms with Crippen LogP contribution in [0, 0.1) is 12.7 Å². The Morgan fingerprint density at radius 2 is 1.91 bits per heavy atom. The molecule has 2 rings (SSSR count). The third-order valence-corrected chi connectivity index (χ3v) is 3.37. The molecule has 3 N–H and O–H groups in total. The fourth-order valence-corrected chi connectivity index (χ4v) is 2.05. The maximum absolute atomic E-state index is 13.4. The number of carbonyl (C=O) groups is 1. The number of carbonyl (C=O) groups excluding carboxylic acids is 1. The molecular formula is C15H13ClFN3OS. The van der Waals surface area contributed by atoms with Gasteiger partial charge in [-0.1, -0.05) is 29.8 Å². The molecule has 2 aromatic carbocycles. The molecule has 0 unspecified atom stereocenters. The number of hydrogen-bond donors (Lipinski definition) is 3. The van der Waals surface area contributed by atoms with Crippen molar-refractivity contribution in [3.63, 3.8) is 0 Å². The van der Waals surface area contributed by atoms with Crippen molar-refractivity contribution in [2.75, 3.05) is 5.32 Å². The van der Waals surface area contributed by atoms with Crippen molar-refractivity contribution in [2.24, 2.45) is 0 Å².